The fourth-order valence-electron chi connectivity index (χ4n) is 2.77. The molecule has 0 spiro atoms. The van der Waals surface area contributed by atoms with Gasteiger partial charge in [-0.05, 0) is 37.3 Å². The van der Waals surface area contributed by atoms with Gasteiger partial charge < -0.3 is 4.98 Å². The third-order valence-corrected chi connectivity index (χ3v) is 3.73. The highest BCUT2D eigenvalue weighted by Gasteiger charge is 2.09. The van der Waals surface area contributed by atoms with E-state index in [2.05, 4.69) is 41.5 Å². The number of aromatic amines is 1. The van der Waals surface area contributed by atoms with Gasteiger partial charge in [0.15, 0.2) is 0 Å². The van der Waals surface area contributed by atoms with Gasteiger partial charge in [-0.15, -0.1) is 0 Å². The number of fused-ring (bicyclic) bond motifs is 1. The van der Waals surface area contributed by atoms with E-state index in [1.165, 1.54) is 55.0 Å². The maximum Gasteiger partial charge on any atom is 0.0460 e. The van der Waals surface area contributed by atoms with Crippen molar-refractivity contribution < 1.29 is 0 Å². The van der Waals surface area contributed by atoms with Gasteiger partial charge in [-0.2, -0.15) is 0 Å². The maximum absolute atomic E-state index is 3.38. The molecule has 0 unspecified atom stereocenters. The van der Waals surface area contributed by atoms with Gasteiger partial charge in [0.1, 0.15) is 0 Å². The third-order valence-electron chi connectivity index (χ3n) is 3.73. The molecule has 1 aliphatic rings. The first-order valence-corrected chi connectivity index (χ1v) is 6.71. The molecule has 88 valence electrons. The number of allylic oxidation sites excluding steroid dienone is 2. The van der Waals surface area contributed by atoms with Crippen molar-refractivity contribution in [1.29, 1.82) is 0 Å². The molecule has 1 aromatic heterocycles. The average molecular weight is 225 g/mol. The number of para-hydroxylation sites is 1. The summed E-state index contributed by atoms with van der Waals surface area (Å²) in [6.45, 7) is 0. The minimum absolute atomic E-state index is 1.24. The zero-order chi connectivity index (χ0) is 11.5. The molecule has 2 aromatic rings. The van der Waals surface area contributed by atoms with E-state index in [-0.39, 0.29) is 0 Å². The van der Waals surface area contributed by atoms with Crippen molar-refractivity contribution in [1.82, 2.24) is 4.98 Å². The molecule has 0 bridgehead atoms. The molecule has 1 heteroatoms. The number of benzene rings is 1. The quantitative estimate of drug-likeness (QED) is 0.710. The largest absolute Gasteiger partial charge is 0.361 e. The molecule has 0 fully saturated rings. The van der Waals surface area contributed by atoms with Crippen molar-refractivity contribution in [3.8, 4) is 0 Å². The zero-order valence-corrected chi connectivity index (χ0v) is 10.2. The third kappa shape index (κ3) is 2.14. The molecule has 1 aromatic carbocycles. The second kappa shape index (κ2) is 4.79. The highest BCUT2D eigenvalue weighted by molar-refractivity contribution is 5.92. The molecular weight excluding hydrogens is 206 g/mol. The van der Waals surface area contributed by atoms with Crippen molar-refractivity contribution in [2.75, 3.05) is 0 Å². The Labute approximate surface area is 103 Å². The Morgan fingerprint density at radius 3 is 2.82 bits per heavy atom. The molecule has 17 heavy (non-hydrogen) atoms. The number of hydrogen-bond acceptors (Lipinski definition) is 0. The van der Waals surface area contributed by atoms with E-state index >= 15 is 0 Å². The molecule has 3 rings (SSSR count). The van der Waals surface area contributed by atoms with Gasteiger partial charge in [0.2, 0.25) is 0 Å². The van der Waals surface area contributed by atoms with Crippen LogP contribution in [0.2, 0.25) is 0 Å². The summed E-state index contributed by atoms with van der Waals surface area (Å²) in [4.78, 5) is 3.38. The smallest absolute Gasteiger partial charge is 0.0460 e. The summed E-state index contributed by atoms with van der Waals surface area (Å²) in [5.41, 5.74) is 4.22. The Bertz CT molecular complexity index is 533. The lowest BCUT2D eigenvalue weighted by Crippen LogP contribution is -1.89. The summed E-state index contributed by atoms with van der Waals surface area (Å²) in [7, 11) is 0. The number of hydrogen-bond donors (Lipinski definition) is 1. The van der Waals surface area contributed by atoms with Crippen molar-refractivity contribution in [2.45, 2.75) is 38.5 Å². The van der Waals surface area contributed by atoms with Crippen LogP contribution in [-0.2, 0) is 0 Å². The summed E-state index contributed by atoms with van der Waals surface area (Å²) in [6, 6.07) is 8.60. The predicted molar refractivity (Wildman–Crippen MR) is 74.0 cm³/mol. The fraction of sp³-hybridized carbons (Fsp3) is 0.375. The molecule has 1 nitrogen and oxygen atoms in total. The van der Waals surface area contributed by atoms with Crippen LogP contribution < -0.4 is 0 Å². The zero-order valence-electron chi connectivity index (χ0n) is 10.2. The molecular formula is C16H19N. The van der Waals surface area contributed by atoms with Gasteiger partial charge in [0.05, 0.1) is 0 Å². The first-order valence-electron chi connectivity index (χ1n) is 6.71. The van der Waals surface area contributed by atoms with Gasteiger partial charge in [-0.25, -0.2) is 0 Å². The van der Waals surface area contributed by atoms with Crippen LogP contribution in [0.5, 0.6) is 0 Å². The van der Waals surface area contributed by atoms with Gasteiger partial charge in [-0.1, -0.05) is 37.1 Å². The molecule has 0 amide bonds. The SMILES string of the molecule is C1=C(/c2c[nH]c3ccccc23)CCCCCC/1. The molecule has 1 N–H and O–H groups in total. The Morgan fingerprint density at radius 1 is 0.941 bits per heavy atom. The molecule has 1 aliphatic carbocycles. The first kappa shape index (κ1) is 10.6. The Kier molecular flexibility index (Phi) is 3.00. The summed E-state index contributed by atoms with van der Waals surface area (Å²) in [5.74, 6) is 0. The van der Waals surface area contributed by atoms with Crippen LogP contribution in [-0.4, -0.2) is 4.98 Å². The molecule has 0 saturated carbocycles. The van der Waals surface area contributed by atoms with Gasteiger partial charge >= 0.3 is 0 Å². The summed E-state index contributed by atoms with van der Waals surface area (Å²) in [6.07, 6.45) is 12.6. The van der Waals surface area contributed by atoms with Crippen LogP contribution in [0, 0.1) is 0 Å². The van der Waals surface area contributed by atoms with E-state index in [0.29, 0.717) is 0 Å². The van der Waals surface area contributed by atoms with Gasteiger partial charge in [0, 0.05) is 22.7 Å². The molecule has 1 heterocycles. The normalized spacial score (nSPS) is 20.6. The predicted octanol–water partition coefficient (Wildman–Crippen LogP) is 4.91. The van der Waals surface area contributed by atoms with E-state index in [9.17, 15) is 0 Å². The van der Waals surface area contributed by atoms with Crippen molar-refractivity contribution >= 4 is 16.5 Å². The first-order chi connectivity index (χ1) is 8.45. The topological polar surface area (TPSA) is 15.8 Å². The Hall–Kier alpha value is -1.50. The summed E-state index contributed by atoms with van der Waals surface area (Å²) in [5, 5.41) is 1.37. The second-order valence-electron chi connectivity index (χ2n) is 4.93. The van der Waals surface area contributed by atoms with Crippen molar-refractivity contribution in [3.63, 3.8) is 0 Å². The summed E-state index contributed by atoms with van der Waals surface area (Å²) < 4.78 is 0. The lowest BCUT2D eigenvalue weighted by Gasteiger charge is -2.10. The Morgan fingerprint density at radius 2 is 1.82 bits per heavy atom. The van der Waals surface area contributed by atoms with Crippen molar-refractivity contribution in [2.24, 2.45) is 0 Å². The highest BCUT2D eigenvalue weighted by atomic mass is 14.7. The minimum Gasteiger partial charge on any atom is -0.361 e. The van der Waals surface area contributed by atoms with Gasteiger partial charge in [0.25, 0.3) is 0 Å². The number of aromatic nitrogens is 1. The number of H-pyrrole nitrogens is 1. The van der Waals surface area contributed by atoms with Crippen LogP contribution in [0.3, 0.4) is 0 Å². The van der Waals surface area contributed by atoms with Crippen LogP contribution in [0.25, 0.3) is 16.5 Å². The maximum atomic E-state index is 3.38. The lowest BCUT2D eigenvalue weighted by molar-refractivity contribution is 0.644. The van der Waals surface area contributed by atoms with Crippen LogP contribution in [0.15, 0.2) is 36.5 Å². The summed E-state index contributed by atoms with van der Waals surface area (Å²) >= 11 is 0. The van der Waals surface area contributed by atoms with Crippen LogP contribution in [0.1, 0.15) is 44.1 Å². The molecule has 0 saturated heterocycles. The number of rotatable bonds is 1. The highest BCUT2D eigenvalue weighted by Crippen LogP contribution is 2.30. The van der Waals surface area contributed by atoms with Crippen molar-refractivity contribution in [3.05, 3.63) is 42.1 Å². The monoisotopic (exact) mass is 225 g/mol. The molecule has 0 aliphatic heterocycles. The molecule has 0 atom stereocenters. The van der Waals surface area contributed by atoms with E-state index < -0.39 is 0 Å². The standard InChI is InChI=1S/C16H19N/c1-2-4-8-13(9-5-3-1)15-12-17-16-11-7-6-10-14(15)16/h6-8,10-12,17H,1-5,9H2/b13-8+. The minimum atomic E-state index is 1.24. The van der Waals surface area contributed by atoms with E-state index in [4.69, 9.17) is 0 Å². The fourth-order valence-corrected chi connectivity index (χ4v) is 2.77. The van der Waals surface area contributed by atoms with E-state index in [1.807, 2.05) is 0 Å². The second-order valence-corrected chi connectivity index (χ2v) is 4.93. The van der Waals surface area contributed by atoms with Crippen LogP contribution >= 0.6 is 0 Å². The van der Waals surface area contributed by atoms with E-state index in [1.54, 1.807) is 5.57 Å². The Balaban J connectivity index is 2.01. The molecule has 0 radical (unpaired) electrons. The van der Waals surface area contributed by atoms with Gasteiger partial charge in [-0.3, -0.25) is 0 Å². The number of nitrogens with one attached hydrogen (secondary N) is 1. The lowest BCUT2D eigenvalue weighted by atomic mass is 9.94. The average Bonchev–Trinajstić information content (AvgIpc) is 2.73. The van der Waals surface area contributed by atoms with Crippen LogP contribution in [0.4, 0.5) is 0 Å². The van der Waals surface area contributed by atoms with E-state index in [0.717, 1.165) is 0 Å².